The number of rotatable bonds is 7. The zero-order valence-electron chi connectivity index (χ0n) is 17.3. The van der Waals surface area contributed by atoms with Gasteiger partial charge < -0.3 is 18.8 Å². The average molecular weight is 405 g/mol. The molecule has 1 heterocycles. The maximum Gasteiger partial charge on any atom is 0.347 e. The van der Waals surface area contributed by atoms with Crippen LogP contribution in [-0.4, -0.2) is 34.1 Å². The zero-order chi connectivity index (χ0) is 21.7. The normalized spacial score (nSPS) is 11.3. The minimum Gasteiger partial charge on any atom is -0.496 e. The lowest BCUT2D eigenvalue weighted by atomic mass is 10.1. The van der Waals surface area contributed by atoms with Crippen LogP contribution in [0.15, 0.2) is 69.9 Å². The maximum absolute atomic E-state index is 12.5. The van der Waals surface area contributed by atoms with Crippen molar-refractivity contribution in [3.05, 3.63) is 82.2 Å². The number of hydrogen-bond acceptors (Lipinski definition) is 6. The van der Waals surface area contributed by atoms with Crippen molar-refractivity contribution in [2.75, 3.05) is 33.2 Å². The van der Waals surface area contributed by atoms with Gasteiger partial charge in [-0.1, -0.05) is 30.4 Å². The van der Waals surface area contributed by atoms with E-state index in [1.54, 1.807) is 24.3 Å². The molecule has 0 spiro atoms. The van der Waals surface area contributed by atoms with Crippen LogP contribution in [0.25, 0.3) is 17.0 Å². The minimum absolute atomic E-state index is 0.0639. The Bertz CT molecular complexity index is 1170. The van der Waals surface area contributed by atoms with E-state index in [9.17, 15) is 9.59 Å². The molecule has 0 fully saturated rings. The van der Waals surface area contributed by atoms with Gasteiger partial charge in [-0.25, -0.2) is 4.79 Å². The van der Waals surface area contributed by atoms with Crippen LogP contribution in [0, 0.1) is 0 Å². The fraction of sp³-hybridized carbons (Fsp3) is 0.167. The van der Waals surface area contributed by atoms with Crippen LogP contribution in [0.1, 0.15) is 15.9 Å². The summed E-state index contributed by atoms with van der Waals surface area (Å²) in [5.41, 5.74) is 1.62. The van der Waals surface area contributed by atoms with Crippen LogP contribution in [-0.2, 0) is 0 Å². The van der Waals surface area contributed by atoms with E-state index in [4.69, 9.17) is 13.9 Å². The molecule has 6 heteroatoms. The molecule has 0 aliphatic heterocycles. The highest BCUT2D eigenvalue weighted by atomic mass is 16.5. The van der Waals surface area contributed by atoms with Crippen molar-refractivity contribution in [1.82, 2.24) is 0 Å². The Morgan fingerprint density at radius 3 is 2.37 bits per heavy atom. The molecule has 0 radical (unpaired) electrons. The summed E-state index contributed by atoms with van der Waals surface area (Å²) >= 11 is 0. The van der Waals surface area contributed by atoms with Crippen LogP contribution in [0.4, 0.5) is 5.69 Å². The fourth-order valence-corrected chi connectivity index (χ4v) is 2.90. The van der Waals surface area contributed by atoms with E-state index in [0.717, 1.165) is 11.3 Å². The molecular formula is C24H23NO5. The number of fused-ring (bicyclic) bond motifs is 1. The number of ketones is 1. The number of allylic oxidation sites excluding steroid dienone is 3. The first-order valence-corrected chi connectivity index (χ1v) is 9.29. The molecule has 3 rings (SSSR count). The van der Waals surface area contributed by atoms with Crippen LogP contribution in [0.2, 0.25) is 0 Å². The summed E-state index contributed by atoms with van der Waals surface area (Å²) in [4.78, 5) is 26.8. The van der Waals surface area contributed by atoms with Crippen molar-refractivity contribution in [2.24, 2.45) is 0 Å². The second kappa shape index (κ2) is 9.13. The molecule has 0 bridgehead atoms. The number of hydrogen-bond donors (Lipinski definition) is 0. The van der Waals surface area contributed by atoms with Gasteiger partial charge in [-0.2, -0.15) is 0 Å². The predicted molar refractivity (Wildman–Crippen MR) is 119 cm³/mol. The molecule has 0 unspecified atom stereocenters. The number of methoxy groups -OCH3 is 2. The van der Waals surface area contributed by atoms with E-state index in [1.807, 2.05) is 49.3 Å². The van der Waals surface area contributed by atoms with Gasteiger partial charge in [0.15, 0.2) is 5.78 Å². The Kier molecular flexibility index (Phi) is 6.37. The summed E-state index contributed by atoms with van der Waals surface area (Å²) < 4.78 is 15.8. The predicted octanol–water partition coefficient (Wildman–Crippen LogP) is 4.33. The Hall–Kier alpha value is -3.80. The summed E-state index contributed by atoms with van der Waals surface area (Å²) in [5, 5.41) is 0.520. The molecule has 0 saturated carbocycles. The molecule has 6 nitrogen and oxygen atoms in total. The van der Waals surface area contributed by atoms with Crippen LogP contribution in [0.3, 0.4) is 0 Å². The lowest BCUT2D eigenvalue weighted by molar-refractivity contribution is 0.104. The lowest BCUT2D eigenvalue weighted by Gasteiger charge is -2.11. The number of carbonyl (C=O) groups is 1. The molecule has 30 heavy (non-hydrogen) atoms. The van der Waals surface area contributed by atoms with Crippen molar-refractivity contribution in [2.45, 2.75) is 0 Å². The third-order valence-electron chi connectivity index (χ3n) is 4.57. The van der Waals surface area contributed by atoms with Gasteiger partial charge in [-0.15, -0.1) is 0 Å². The summed E-state index contributed by atoms with van der Waals surface area (Å²) in [5.74, 6) is 0.494. The minimum atomic E-state index is -0.712. The molecule has 0 saturated heterocycles. The number of carbonyl (C=O) groups excluding carboxylic acids is 1. The van der Waals surface area contributed by atoms with E-state index in [0.29, 0.717) is 16.9 Å². The Labute approximate surface area is 174 Å². The van der Waals surface area contributed by atoms with Gasteiger partial charge in [0.25, 0.3) is 0 Å². The van der Waals surface area contributed by atoms with Gasteiger partial charge in [-0.05, 0) is 29.8 Å². The first-order chi connectivity index (χ1) is 14.4. The van der Waals surface area contributed by atoms with Gasteiger partial charge >= 0.3 is 5.63 Å². The van der Waals surface area contributed by atoms with Crippen molar-refractivity contribution >= 4 is 28.5 Å². The molecule has 1 aromatic heterocycles. The molecule has 0 N–H and O–H groups in total. The second-order valence-corrected chi connectivity index (χ2v) is 6.76. The zero-order valence-corrected chi connectivity index (χ0v) is 17.3. The van der Waals surface area contributed by atoms with Gasteiger partial charge in [0, 0.05) is 31.9 Å². The van der Waals surface area contributed by atoms with Crippen molar-refractivity contribution < 1.29 is 18.7 Å². The number of benzene rings is 2. The molecule has 0 aliphatic rings. The third kappa shape index (κ3) is 4.60. The van der Waals surface area contributed by atoms with Crippen molar-refractivity contribution in [3.8, 4) is 11.5 Å². The Morgan fingerprint density at radius 2 is 1.73 bits per heavy atom. The maximum atomic E-state index is 12.5. The number of anilines is 1. The van der Waals surface area contributed by atoms with Gasteiger partial charge in [0.1, 0.15) is 22.6 Å². The first-order valence-electron chi connectivity index (χ1n) is 9.29. The van der Waals surface area contributed by atoms with Gasteiger partial charge in [0.05, 0.1) is 19.6 Å². The molecule has 0 atom stereocenters. The smallest absolute Gasteiger partial charge is 0.347 e. The quantitative estimate of drug-likeness (QED) is 0.252. The highest BCUT2D eigenvalue weighted by molar-refractivity contribution is 6.06. The van der Waals surface area contributed by atoms with Crippen molar-refractivity contribution in [1.29, 1.82) is 0 Å². The average Bonchev–Trinajstić information content (AvgIpc) is 2.75. The SMILES string of the molecule is COc1cc(OC)c2cc(C(=O)/C=C/C=C/c3ccc(N(C)C)cc3)c(=O)oc2c1. The largest absolute Gasteiger partial charge is 0.496 e. The molecule has 2 aromatic carbocycles. The molecule has 0 amide bonds. The number of ether oxygens (including phenoxy) is 2. The molecule has 154 valence electrons. The lowest BCUT2D eigenvalue weighted by Crippen LogP contribution is -2.12. The van der Waals surface area contributed by atoms with Gasteiger partial charge in [-0.3, -0.25) is 4.79 Å². The van der Waals surface area contributed by atoms with E-state index < -0.39 is 11.4 Å². The summed E-state index contributed by atoms with van der Waals surface area (Å²) in [6.45, 7) is 0. The van der Waals surface area contributed by atoms with E-state index in [-0.39, 0.29) is 11.1 Å². The molecule has 3 aromatic rings. The monoisotopic (exact) mass is 405 g/mol. The summed E-state index contributed by atoms with van der Waals surface area (Å²) in [7, 11) is 6.96. The van der Waals surface area contributed by atoms with E-state index in [1.165, 1.54) is 26.4 Å². The summed E-state index contributed by atoms with van der Waals surface area (Å²) in [6, 6.07) is 12.7. The highest BCUT2D eigenvalue weighted by Crippen LogP contribution is 2.30. The second-order valence-electron chi connectivity index (χ2n) is 6.76. The topological polar surface area (TPSA) is 69.0 Å². The van der Waals surface area contributed by atoms with E-state index in [2.05, 4.69) is 0 Å². The Morgan fingerprint density at radius 1 is 1.00 bits per heavy atom. The first kappa shape index (κ1) is 20.9. The Balaban J connectivity index is 1.82. The fourth-order valence-electron chi connectivity index (χ4n) is 2.90. The molecule has 0 aliphatic carbocycles. The van der Waals surface area contributed by atoms with E-state index >= 15 is 0 Å². The van der Waals surface area contributed by atoms with Crippen LogP contribution >= 0.6 is 0 Å². The van der Waals surface area contributed by atoms with Gasteiger partial charge in [0.2, 0.25) is 0 Å². The third-order valence-corrected chi connectivity index (χ3v) is 4.57. The van der Waals surface area contributed by atoms with Crippen LogP contribution < -0.4 is 20.0 Å². The van der Waals surface area contributed by atoms with Crippen molar-refractivity contribution in [3.63, 3.8) is 0 Å². The molecular weight excluding hydrogens is 382 g/mol. The number of nitrogens with zero attached hydrogens (tertiary/aromatic N) is 1. The summed E-state index contributed by atoms with van der Waals surface area (Å²) in [6.07, 6.45) is 6.55. The highest BCUT2D eigenvalue weighted by Gasteiger charge is 2.15. The van der Waals surface area contributed by atoms with Crippen LogP contribution in [0.5, 0.6) is 11.5 Å². The standard InChI is InChI=1S/C24H23NO5/c1-25(2)17-11-9-16(10-12-17)7-5-6-8-21(26)19-15-20-22(29-4)13-18(28-3)14-23(20)30-24(19)27/h5-15H,1-4H3/b7-5+,8-6+.